The summed E-state index contributed by atoms with van der Waals surface area (Å²) < 4.78 is 2.19. The summed E-state index contributed by atoms with van der Waals surface area (Å²) in [6, 6.07) is 19.8. The Balaban J connectivity index is 1.62. The van der Waals surface area contributed by atoms with E-state index in [4.69, 9.17) is 0 Å². The minimum absolute atomic E-state index is 0.0574. The van der Waals surface area contributed by atoms with Gasteiger partial charge in [0, 0.05) is 35.5 Å². The highest BCUT2D eigenvalue weighted by Crippen LogP contribution is 2.51. The second kappa shape index (κ2) is 6.34. The zero-order valence-corrected chi connectivity index (χ0v) is 16.9. The van der Waals surface area contributed by atoms with Crippen molar-refractivity contribution in [3.8, 4) is 0 Å². The van der Waals surface area contributed by atoms with Crippen LogP contribution in [0, 0.1) is 0 Å². The Morgan fingerprint density at radius 2 is 1.75 bits per heavy atom. The normalized spacial score (nSPS) is 18.0. The maximum atomic E-state index is 2.56. The summed E-state index contributed by atoms with van der Waals surface area (Å²) in [4.78, 5) is 2.56. The molecule has 0 amide bonds. The van der Waals surface area contributed by atoms with Crippen LogP contribution in [0.25, 0.3) is 17.0 Å². The number of pyridine rings is 1. The molecule has 0 saturated carbocycles. The molecule has 3 aromatic rings. The third-order valence-corrected chi connectivity index (χ3v) is 6.40. The minimum Gasteiger partial charge on any atom is -0.344 e. The average molecular weight is 368 g/mol. The smallest absolute Gasteiger partial charge is 0.212 e. The number of fused-ring (bicyclic) bond motifs is 4. The molecule has 0 N–H and O–H groups in total. The van der Waals surface area contributed by atoms with Gasteiger partial charge < -0.3 is 4.90 Å². The molecule has 140 valence electrons. The van der Waals surface area contributed by atoms with E-state index in [1.54, 1.807) is 0 Å². The second-order valence-electron chi connectivity index (χ2n) is 8.50. The molecule has 0 radical (unpaired) electrons. The van der Waals surface area contributed by atoms with Gasteiger partial charge in [-0.3, -0.25) is 0 Å². The zero-order chi connectivity index (χ0) is 19.3. The summed E-state index contributed by atoms with van der Waals surface area (Å²) in [7, 11) is 2.11. The third kappa shape index (κ3) is 2.51. The number of para-hydroxylation sites is 2. The number of rotatable bonds is 2. The van der Waals surface area contributed by atoms with E-state index in [0.29, 0.717) is 0 Å². The lowest BCUT2D eigenvalue weighted by molar-refractivity contribution is -0.644. The lowest BCUT2D eigenvalue weighted by atomic mass is 9.80. The van der Waals surface area contributed by atoms with Crippen LogP contribution in [0.1, 0.15) is 37.8 Å². The molecule has 0 unspecified atom stereocenters. The fraction of sp³-hybridized carbons (Fsp3) is 0.269. The van der Waals surface area contributed by atoms with E-state index in [1.165, 1.54) is 45.4 Å². The molecule has 2 aliphatic rings. The largest absolute Gasteiger partial charge is 0.344 e. The SMILES string of the molecule is C[n+]1ccc(/C=C/C2=C3N(CCC2)c2ccccc2C3(C)C)c2ccccc21. The van der Waals surface area contributed by atoms with E-state index in [2.05, 4.69) is 103 Å². The average Bonchev–Trinajstić information content (AvgIpc) is 2.96. The van der Waals surface area contributed by atoms with Crippen LogP contribution >= 0.6 is 0 Å². The molecule has 0 aliphatic carbocycles. The fourth-order valence-electron chi connectivity index (χ4n) is 5.06. The Morgan fingerprint density at radius 3 is 2.64 bits per heavy atom. The Bertz CT molecular complexity index is 1130. The van der Waals surface area contributed by atoms with Crippen molar-refractivity contribution in [3.05, 3.63) is 89.3 Å². The molecule has 0 fully saturated rings. The number of allylic oxidation sites excluding steroid dienone is 3. The highest BCUT2D eigenvalue weighted by molar-refractivity contribution is 5.86. The fourth-order valence-corrected chi connectivity index (χ4v) is 5.06. The maximum Gasteiger partial charge on any atom is 0.212 e. The number of hydrogen-bond acceptors (Lipinski definition) is 1. The number of anilines is 1. The van der Waals surface area contributed by atoms with E-state index in [9.17, 15) is 0 Å². The highest BCUT2D eigenvalue weighted by atomic mass is 15.2. The van der Waals surface area contributed by atoms with E-state index < -0.39 is 0 Å². The molecule has 3 heterocycles. The molecule has 0 atom stereocenters. The molecule has 0 saturated heterocycles. The second-order valence-corrected chi connectivity index (χ2v) is 8.50. The molecule has 0 bridgehead atoms. The van der Waals surface area contributed by atoms with Crippen LogP contribution < -0.4 is 9.47 Å². The molecule has 5 rings (SSSR count). The van der Waals surface area contributed by atoms with Crippen molar-refractivity contribution in [2.75, 3.05) is 11.4 Å². The summed E-state index contributed by atoms with van der Waals surface area (Å²) in [5.41, 5.74) is 8.42. The van der Waals surface area contributed by atoms with Crippen molar-refractivity contribution >= 4 is 22.7 Å². The van der Waals surface area contributed by atoms with E-state index in [0.717, 1.165) is 13.0 Å². The first kappa shape index (κ1) is 17.2. The van der Waals surface area contributed by atoms with Gasteiger partial charge in [0.25, 0.3) is 0 Å². The van der Waals surface area contributed by atoms with Gasteiger partial charge >= 0.3 is 0 Å². The Kier molecular flexibility index (Phi) is 3.90. The Morgan fingerprint density at radius 1 is 0.964 bits per heavy atom. The standard InChI is InChI=1S/C26H27N2/c1-26(2)22-11-5-7-13-24(22)28-17-8-9-20(25(26)28)15-14-19-16-18-27(3)23-12-6-4-10-21(19)23/h4-7,10-16,18H,8-9,17H2,1-3H3/q+1. The van der Waals surface area contributed by atoms with E-state index in [-0.39, 0.29) is 5.41 Å². The van der Waals surface area contributed by atoms with Crippen LogP contribution in [0.15, 0.2) is 78.1 Å². The monoisotopic (exact) mass is 367 g/mol. The molecule has 28 heavy (non-hydrogen) atoms. The van der Waals surface area contributed by atoms with Crippen molar-refractivity contribution in [2.24, 2.45) is 7.05 Å². The van der Waals surface area contributed by atoms with Crippen molar-refractivity contribution in [1.29, 1.82) is 0 Å². The molecule has 0 spiro atoms. The van der Waals surface area contributed by atoms with Gasteiger partial charge in [-0.2, -0.15) is 0 Å². The summed E-state index contributed by atoms with van der Waals surface area (Å²) >= 11 is 0. The van der Waals surface area contributed by atoms with Gasteiger partial charge in [0.1, 0.15) is 7.05 Å². The van der Waals surface area contributed by atoms with Crippen molar-refractivity contribution in [1.82, 2.24) is 0 Å². The van der Waals surface area contributed by atoms with Crippen LogP contribution in [-0.2, 0) is 12.5 Å². The van der Waals surface area contributed by atoms with Crippen molar-refractivity contribution in [2.45, 2.75) is 32.1 Å². The van der Waals surface area contributed by atoms with E-state index >= 15 is 0 Å². The molecule has 2 nitrogen and oxygen atoms in total. The quantitative estimate of drug-likeness (QED) is 0.541. The summed E-state index contributed by atoms with van der Waals surface area (Å²) in [5, 5.41) is 1.30. The predicted molar refractivity (Wildman–Crippen MR) is 117 cm³/mol. The Labute approximate surface area is 167 Å². The van der Waals surface area contributed by atoms with Crippen LogP contribution in [0.5, 0.6) is 0 Å². The summed E-state index contributed by atoms with van der Waals surface area (Å²) in [5.74, 6) is 0. The first-order valence-corrected chi connectivity index (χ1v) is 10.2. The van der Waals surface area contributed by atoms with Gasteiger partial charge in [0.15, 0.2) is 6.20 Å². The molecule has 1 aromatic heterocycles. The van der Waals surface area contributed by atoms with E-state index in [1.807, 2.05) is 0 Å². The van der Waals surface area contributed by atoms with Gasteiger partial charge in [0.05, 0.1) is 5.39 Å². The molecule has 2 aromatic carbocycles. The van der Waals surface area contributed by atoms with Crippen LogP contribution in [-0.4, -0.2) is 6.54 Å². The first-order chi connectivity index (χ1) is 13.6. The van der Waals surface area contributed by atoms with Crippen molar-refractivity contribution < 1.29 is 4.57 Å². The molecule has 2 aliphatic heterocycles. The lowest BCUT2D eigenvalue weighted by Crippen LogP contribution is -2.31. The minimum atomic E-state index is 0.0574. The molecular weight excluding hydrogens is 340 g/mol. The first-order valence-electron chi connectivity index (χ1n) is 10.2. The summed E-state index contributed by atoms with van der Waals surface area (Å²) in [6.45, 7) is 5.87. The van der Waals surface area contributed by atoms with Gasteiger partial charge in [-0.05, 0) is 41.7 Å². The number of aryl methyl sites for hydroxylation is 1. The van der Waals surface area contributed by atoms with Gasteiger partial charge in [-0.15, -0.1) is 0 Å². The molecule has 2 heteroatoms. The van der Waals surface area contributed by atoms with Gasteiger partial charge in [-0.25, -0.2) is 4.57 Å². The number of hydrogen-bond donors (Lipinski definition) is 0. The molecular formula is C26H27N2+. The van der Waals surface area contributed by atoms with Crippen LogP contribution in [0.3, 0.4) is 0 Å². The number of nitrogens with zero attached hydrogens (tertiary/aromatic N) is 2. The topological polar surface area (TPSA) is 7.12 Å². The highest BCUT2D eigenvalue weighted by Gasteiger charge is 2.42. The van der Waals surface area contributed by atoms with Gasteiger partial charge in [-0.1, -0.05) is 56.3 Å². The summed E-state index contributed by atoms with van der Waals surface area (Å²) in [6.07, 6.45) is 9.20. The van der Waals surface area contributed by atoms with Gasteiger partial charge in [0.2, 0.25) is 5.52 Å². The number of benzene rings is 2. The number of aromatic nitrogens is 1. The predicted octanol–water partition coefficient (Wildman–Crippen LogP) is 5.52. The lowest BCUT2D eigenvalue weighted by Gasteiger charge is -2.33. The maximum absolute atomic E-state index is 2.56. The zero-order valence-electron chi connectivity index (χ0n) is 16.9. The van der Waals surface area contributed by atoms with Crippen LogP contribution in [0.2, 0.25) is 0 Å². The van der Waals surface area contributed by atoms with Crippen molar-refractivity contribution in [3.63, 3.8) is 0 Å². The Hall–Kier alpha value is -2.87. The third-order valence-electron chi connectivity index (χ3n) is 6.40. The van der Waals surface area contributed by atoms with Crippen LogP contribution in [0.4, 0.5) is 5.69 Å².